The van der Waals surface area contributed by atoms with E-state index in [1.807, 2.05) is 0 Å². The van der Waals surface area contributed by atoms with Crippen molar-refractivity contribution in [1.82, 2.24) is 15.6 Å². The van der Waals surface area contributed by atoms with Gasteiger partial charge in [0.15, 0.2) is 0 Å². The lowest BCUT2D eigenvalue weighted by Crippen LogP contribution is -2.46. The van der Waals surface area contributed by atoms with E-state index in [0.29, 0.717) is 52.6 Å². The summed E-state index contributed by atoms with van der Waals surface area (Å²) in [6.45, 7) is 0.611. The normalized spacial score (nSPS) is 16.6. The minimum absolute atomic E-state index is 0.304. The minimum atomic E-state index is -5.04. The van der Waals surface area contributed by atoms with Crippen LogP contribution in [-0.4, -0.2) is 48.7 Å². The Labute approximate surface area is 215 Å². The van der Waals surface area contributed by atoms with Gasteiger partial charge in [0.25, 0.3) is 11.7 Å². The van der Waals surface area contributed by atoms with Gasteiger partial charge in [0.1, 0.15) is 6.10 Å². The number of hydrogen-bond donors (Lipinski definition) is 3. The number of carbonyl (C=O) groups is 2. The Kier molecular flexibility index (Phi) is 8.24. The van der Waals surface area contributed by atoms with Crippen molar-refractivity contribution in [3.8, 4) is 0 Å². The van der Waals surface area contributed by atoms with Gasteiger partial charge in [-0.3, -0.25) is 9.59 Å². The fraction of sp³-hybridized carbons (Fsp3) is 0.360. The van der Waals surface area contributed by atoms with Crippen molar-refractivity contribution in [2.45, 2.75) is 31.2 Å². The average molecular weight is 542 g/mol. The fourth-order valence-corrected chi connectivity index (χ4v) is 4.86. The number of carbonyl (C=O) groups excluding carboxylic acids is 2. The molecule has 0 saturated carbocycles. The first-order valence-electron chi connectivity index (χ1n) is 11.4. The first kappa shape index (κ1) is 26.5. The number of hydrogen-bond acceptors (Lipinski definition) is 4. The number of amides is 1. The van der Waals surface area contributed by atoms with Crippen LogP contribution in [0, 0.1) is 5.92 Å². The molecule has 3 N–H and O–H groups in total. The maximum atomic E-state index is 13.4. The first-order valence-corrected chi connectivity index (χ1v) is 12.2. The Morgan fingerprint density at radius 2 is 1.81 bits per heavy atom. The van der Waals surface area contributed by atoms with Gasteiger partial charge >= 0.3 is 6.18 Å². The number of benzene rings is 2. The number of piperidine rings is 1. The van der Waals surface area contributed by atoms with Crippen LogP contribution >= 0.6 is 23.2 Å². The number of Topliss-reactive ketones (excluding diaryl/α,β-unsaturated/α-hetero) is 1. The zero-order chi connectivity index (χ0) is 25.9. The lowest BCUT2D eigenvalue weighted by Gasteiger charge is -2.31. The molecule has 11 heteroatoms. The molecule has 2 atom stereocenters. The number of aromatic nitrogens is 1. The van der Waals surface area contributed by atoms with Gasteiger partial charge in [0, 0.05) is 27.7 Å². The Morgan fingerprint density at radius 1 is 1.08 bits per heavy atom. The Bertz CT molecular complexity index is 1240. The van der Waals surface area contributed by atoms with E-state index in [2.05, 4.69) is 15.6 Å². The first-order chi connectivity index (χ1) is 17.1. The van der Waals surface area contributed by atoms with Crippen molar-refractivity contribution < 1.29 is 27.5 Å². The summed E-state index contributed by atoms with van der Waals surface area (Å²) in [4.78, 5) is 28.3. The van der Waals surface area contributed by atoms with Crippen molar-refractivity contribution in [3.63, 3.8) is 0 Å². The van der Waals surface area contributed by atoms with E-state index in [0.717, 1.165) is 5.39 Å². The van der Waals surface area contributed by atoms with E-state index in [4.69, 9.17) is 27.9 Å². The molecule has 1 aliphatic rings. The Hall–Kier alpha value is -2.59. The molecule has 1 amide bonds. The number of alkyl halides is 3. The van der Waals surface area contributed by atoms with E-state index in [-0.39, 0.29) is 6.61 Å². The summed E-state index contributed by atoms with van der Waals surface area (Å²) in [7, 11) is 0. The van der Waals surface area contributed by atoms with E-state index in [1.165, 1.54) is 0 Å². The predicted octanol–water partition coefficient (Wildman–Crippen LogP) is 5.46. The summed E-state index contributed by atoms with van der Waals surface area (Å²) in [5, 5.41) is 7.43. The fourth-order valence-electron chi connectivity index (χ4n) is 4.37. The molecule has 0 aliphatic carbocycles. The van der Waals surface area contributed by atoms with Gasteiger partial charge < -0.3 is 20.4 Å². The summed E-state index contributed by atoms with van der Waals surface area (Å²) >= 11 is 12.5. The maximum absolute atomic E-state index is 13.4. The standard InChI is InChI=1S/C25H24Cl2F3N3O3/c26-18-4-2-1-3-16(18)21(33-24(35)15-5-6-17-19(27)12-32-20(17)11-15)13-36-22(23(34)25(28,29)30)14-7-9-31-10-8-14/h1-6,11-12,14,21-22,31-32H,7-10,13H2,(H,33,35). The van der Waals surface area contributed by atoms with Gasteiger partial charge in [0.2, 0.25) is 0 Å². The Morgan fingerprint density at radius 3 is 2.50 bits per heavy atom. The molecular formula is C25H24Cl2F3N3O3. The second-order valence-electron chi connectivity index (χ2n) is 8.65. The van der Waals surface area contributed by atoms with E-state index >= 15 is 0 Å². The zero-order valence-corrected chi connectivity index (χ0v) is 20.5. The molecule has 36 heavy (non-hydrogen) atoms. The highest BCUT2D eigenvalue weighted by atomic mass is 35.5. The second kappa shape index (κ2) is 11.2. The summed E-state index contributed by atoms with van der Waals surface area (Å²) in [5.74, 6) is -3.01. The number of aromatic amines is 1. The van der Waals surface area contributed by atoms with Crippen molar-refractivity contribution in [1.29, 1.82) is 0 Å². The molecule has 1 saturated heterocycles. The number of ketones is 1. The number of halogens is 5. The lowest BCUT2D eigenvalue weighted by molar-refractivity contribution is -0.187. The van der Waals surface area contributed by atoms with Crippen molar-refractivity contribution in [3.05, 3.63) is 69.8 Å². The quantitative estimate of drug-likeness (QED) is 0.353. The van der Waals surface area contributed by atoms with Crippen LogP contribution in [0.3, 0.4) is 0 Å². The molecule has 1 aromatic heterocycles. The summed E-state index contributed by atoms with van der Waals surface area (Å²) < 4.78 is 45.8. The number of ether oxygens (including phenoxy) is 1. The Balaban J connectivity index is 1.58. The molecule has 192 valence electrons. The van der Waals surface area contributed by atoms with E-state index in [9.17, 15) is 22.8 Å². The van der Waals surface area contributed by atoms with Crippen molar-refractivity contribution in [2.75, 3.05) is 19.7 Å². The summed E-state index contributed by atoms with van der Waals surface area (Å²) in [6.07, 6.45) is -4.37. The van der Waals surface area contributed by atoms with Crippen LogP contribution in [0.5, 0.6) is 0 Å². The van der Waals surface area contributed by atoms with Gasteiger partial charge in [-0.15, -0.1) is 0 Å². The molecule has 2 aromatic carbocycles. The lowest BCUT2D eigenvalue weighted by atomic mass is 9.89. The molecule has 1 aliphatic heterocycles. The molecule has 6 nitrogen and oxygen atoms in total. The molecule has 0 radical (unpaired) electrons. The van der Waals surface area contributed by atoms with Crippen LogP contribution in [-0.2, 0) is 9.53 Å². The van der Waals surface area contributed by atoms with Gasteiger partial charge in [-0.05, 0) is 55.6 Å². The van der Waals surface area contributed by atoms with Gasteiger partial charge in [-0.25, -0.2) is 0 Å². The highest BCUT2D eigenvalue weighted by Crippen LogP contribution is 2.30. The van der Waals surface area contributed by atoms with E-state index < -0.39 is 35.9 Å². The van der Waals surface area contributed by atoms with Crippen molar-refractivity contribution in [2.24, 2.45) is 5.92 Å². The van der Waals surface area contributed by atoms with Gasteiger partial charge in [-0.1, -0.05) is 47.5 Å². The molecule has 4 rings (SSSR count). The van der Waals surface area contributed by atoms with Crippen molar-refractivity contribution >= 4 is 45.8 Å². The molecule has 2 unspecified atom stereocenters. The third-order valence-electron chi connectivity index (χ3n) is 6.27. The SMILES string of the molecule is O=C(NC(COC(C(=O)C(F)(F)F)C1CCNCC1)c1ccccc1Cl)c1ccc2c(Cl)c[nH]c2c1. The van der Waals surface area contributed by atoms with Gasteiger partial charge in [0.05, 0.1) is 17.7 Å². The van der Waals surface area contributed by atoms with Crippen LogP contribution in [0.2, 0.25) is 10.0 Å². The molecule has 2 heterocycles. The number of rotatable bonds is 8. The van der Waals surface area contributed by atoms with Crippen LogP contribution in [0.25, 0.3) is 10.9 Å². The minimum Gasteiger partial charge on any atom is -0.367 e. The molecular weight excluding hydrogens is 518 g/mol. The third kappa shape index (κ3) is 6.03. The number of nitrogens with one attached hydrogen (secondary N) is 3. The molecule has 0 spiro atoms. The molecule has 0 bridgehead atoms. The molecule has 3 aromatic rings. The smallest absolute Gasteiger partial charge is 0.367 e. The maximum Gasteiger partial charge on any atom is 0.452 e. The predicted molar refractivity (Wildman–Crippen MR) is 131 cm³/mol. The highest BCUT2D eigenvalue weighted by molar-refractivity contribution is 6.35. The second-order valence-corrected chi connectivity index (χ2v) is 9.46. The van der Waals surface area contributed by atoms with Crippen LogP contribution in [0.15, 0.2) is 48.7 Å². The van der Waals surface area contributed by atoms with Crippen LogP contribution in [0.4, 0.5) is 13.2 Å². The zero-order valence-electron chi connectivity index (χ0n) is 19.0. The summed E-state index contributed by atoms with van der Waals surface area (Å²) in [6, 6.07) is 10.6. The van der Waals surface area contributed by atoms with Crippen LogP contribution < -0.4 is 10.6 Å². The van der Waals surface area contributed by atoms with Crippen LogP contribution in [0.1, 0.15) is 34.8 Å². The molecule has 1 fully saturated rings. The topological polar surface area (TPSA) is 83.2 Å². The highest BCUT2D eigenvalue weighted by Gasteiger charge is 2.47. The monoisotopic (exact) mass is 541 g/mol. The number of fused-ring (bicyclic) bond motifs is 1. The summed E-state index contributed by atoms with van der Waals surface area (Å²) in [5.41, 5.74) is 1.42. The average Bonchev–Trinajstić information content (AvgIpc) is 3.23. The largest absolute Gasteiger partial charge is 0.452 e. The third-order valence-corrected chi connectivity index (χ3v) is 6.93. The van der Waals surface area contributed by atoms with E-state index in [1.54, 1.807) is 48.7 Å². The number of H-pyrrole nitrogens is 1. The van der Waals surface area contributed by atoms with Gasteiger partial charge in [-0.2, -0.15) is 13.2 Å².